The topological polar surface area (TPSA) is 9.23 Å². The van der Waals surface area contributed by atoms with E-state index >= 15 is 0 Å². The summed E-state index contributed by atoms with van der Waals surface area (Å²) in [4.78, 5) is 0. The second kappa shape index (κ2) is 5.52. The zero-order chi connectivity index (χ0) is 10.4. The molecule has 0 N–H and O–H groups in total. The van der Waals surface area contributed by atoms with Crippen molar-refractivity contribution in [1.82, 2.24) is 0 Å². The van der Waals surface area contributed by atoms with Gasteiger partial charge in [0, 0.05) is 16.8 Å². The first-order chi connectivity index (χ1) is 6.73. The van der Waals surface area contributed by atoms with Gasteiger partial charge in [0.2, 0.25) is 0 Å². The molecule has 0 aromatic rings. The van der Waals surface area contributed by atoms with Crippen molar-refractivity contribution in [2.75, 3.05) is 6.61 Å². The zero-order valence-electron chi connectivity index (χ0n) is 9.30. The number of hydrogen-bond acceptors (Lipinski definition) is 1. The van der Waals surface area contributed by atoms with Crippen LogP contribution < -0.4 is 0 Å². The predicted molar refractivity (Wildman–Crippen MR) is 65.6 cm³/mol. The first-order valence-corrected chi connectivity index (χ1v) is 6.58. The lowest BCUT2D eigenvalue weighted by Gasteiger charge is -2.40. The monoisotopic (exact) mass is 210 g/mol. The van der Waals surface area contributed by atoms with Gasteiger partial charge in [-0.2, -0.15) is 0 Å². The minimum absolute atomic E-state index is 0.195. The summed E-state index contributed by atoms with van der Waals surface area (Å²) < 4.78 is 6.00. The van der Waals surface area contributed by atoms with Crippen LogP contribution in [0, 0.1) is 5.92 Å². The van der Waals surface area contributed by atoms with Gasteiger partial charge in [-0.1, -0.05) is 12.2 Å². The first kappa shape index (κ1) is 11.7. The highest BCUT2D eigenvalue weighted by Crippen LogP contribution is 2.33. The maximum atomic E-state index is 6.00. The van der Waals surface area contributed by atoms with Crippen molar-refractivity contribution >= 4 is 10.2 Å². The highest BCUT2D eigenvalue weighted by molar-refractivity contribution is 6.14. The van der Waals surface area contributed by atoms with Crippen LogP contribution in [0.15, 0.2) is 25.3 Å². The molecule has 80 valence electrons. The van der Waals surface area contributed by atoms with E-state index in [1.165, 1.54) is 19.3 Å². The van der Waals surface area contributed by atoms with Gasteiger partial charge in [0.05, 0.1) is 5.22 Å². The zero-order valence-corrected chi connectivity index (χ0v) is 11.3. The number of ether oxygens (including phenoxy) is 1. The molecule has 0 radical (unpaired) electrons. The van der Waals surface area contributed by atoms with Crippen LogP contribution in [0.5, 0.6) is 0 Å². The van der Waals surface area contributed by atoms with E-state index in [-0.39, 0.29) is 5.22 Å². The highest BCUT2D eigenvalue weighted by atomic mass is 28.1. The van der Waals surface area contributed by atoms with Crippen LogP contribution in [0.2, 0.25) is 0 Å². The second-order valence-corrected chi connectivity index (χ2v) is 6.06. The fourth-order valence-electron chi connectivity index (χ4n) is 2.27. The second-order valence-electron chi connectivity index (χ2n) is 4.36. The first-order valence-electron chi connectivity index (χ1n) is 5.58. The van der Waals surface area contributed by atoms with E-state index in [1.54, 1.807) is 0 Å². The van der Waals surface area contributed by atoms with Gasteiger partial charge in [-0.05, 0) is 38.0 Å². The standard InChI is InChI=1S/C12H22OSi/c1-3-7-11(8-4-2)12(14)9-5-6-10-13-12/h3-4,11H,1-2,5-10H2,14H3. The Hall–Kier alpha value is -0.343. The highest BCUT2D eigenvalue weighted by Gasteiger charge is 2.34. The minimum atomic E-state index is 0.195. The maximum Gasteiger partial charge on any atom is 0.0519 e. The van der Waals surface area contributed by atoms with Gasteiger partial charge >= 0.3 is 0 Å². The third-order valence-electron chi connectivity index (χ3n) is 3.27. The Morgan fingerprint density at radius 3 is 2.36 bits per heavy atom. The molecule has 1 unspecified atom stereocenters. The number of rotatable bonds is 5. The molecule has 0 spiro atoms. The molecule has 1 rings (SSSR count). The van der Waals surface area contributed by atoms with E-state index in [4.69, 9.17) is 4.74 Å². The summed E-state index contributed by atoms with van der Waals surface area (Å²) in [7, 11) is 1.12. The minimum Gasteiger partial charge on any atom is -0.379 e. The summed E-state index contributed by atoms with van der Waals surface area (Å²) in [6.07, 6.45) is 9.97. The third-order valence-corrected chi connectivity index (χ3v) is 4.87. The molecular formula is C12H22OSi. The van der Waals surface area contributed by atoms with Gasteiger partial charge in [-0.15, -0.1) is 13.2 Å². The van der Waals surface area contributed by atoms with Crippen molar-refractivity contribution in [2.24, 2.45) is 5.92 Å². The van der Waals surface area contributed by atoms with Crippen molar-refractivity contribution < 1.29 is 4.74 Å². The molecule has 14 heavy (non-hydrogen) atoms. The molecule has 1 saturated heterocycles. The largest absolute Gasteiger partial charge is 0.379 e. The summed E-state index contributed by atoms with van der Waals surface area (Å²) in [6, 6.07) is 0. The van der Waals surface area contributed by atoms with Gasteiger partial charge in [0.1, 0.15) is 0 Å². The van der Waals surface area contributed by atoms with Crippen LogP contribution in [-0.2, 0) is 4.74 Å². The van der Waals surface area contributed by atoms with E-state index in [9.17, 15) is 0 Å². The number of hydrogen-bond donors (Lipinski definition) is 0. The van der Waals surface area contributed by atoms with Gasteiger partial charge in [0.25, 0.3) is 0 Å². The smallest absolute Gasteiger partial charge is 0.0519 e. The average Bonchev–Trinajstić information content (AvgIpc) is 2.19. The van der Waals surface area contributed by atoms with E-state index in [0.29, 0.717) is 5.92 Å². The maximum absolute atomic E-state index is 6.00. The molecule has 0 amide bonds. The summed E-state index contributed by atoms with van der Waals surface area (Å²) >= 11 is 0. The van der Waals surface area contributed by atoms with E-state index < -0.39 is 0 Å². The van der Waals surface area contributed by atoms with Crippen molar-refractivity contribution in [3.05, 3.63) is 25.3 Å². The molecule has 1 nitrogen and oxygen atoms in total. The van der Waals surface area contributed by atoms with Crippen LogP contribution in [0.25, 0.3) is 0 Å². The quantitative estimate of drug-likeness (QED) is 0.498. The SMILES string of the molecule is C=CCC(CC=C)C1([SiH3])CCCCO1. The molecule has 2 heteroatoms. The Bertz CT molecular complexity index is 184. The van der Waals surface area contributed by atoms with Gasteiger partial charge in [-0.3, -0.25) is 0 Å². The summed E-state index contributed by atoms with van der Waals surface area (Å²) in [5.41, 5.74) is 0. The molecule has 0 aliphatic carbocycles. The molecular weight excluding hydrogens is 188 g/mol. The Labute approximate surface area is 90.7 Å². The van der Waals surface area contributed by atoms with Crippen LogP contribution >= 0.6 is 0 Å². The molecule has 1 aliphatic heterocycles. The van der Waals surface area contributed by atoms with Crippen molar-refractivity contribution in [1.29, 1.82) is 0 Å². The van der Waals surface area contributed by atoms with Crippen molar-refractivity contribution in [2.45, 2.75) is 37.3 Å². The molecule has 0 bridgehead atoms. The van der Waals surface area contributed by atoms with Crippen molar-refractivity contribution in [3.8, 4) is 0 Å². The van der Waals surface area contributed by atoms with Crippen LogP contribution in [0.1, 0.15) is 32.1 Å². The van der Waals surface area contributed by atoms with E-state index in [2.05, 4.69) is 13.2 Å². The lowest BCUT2D eigenvalue weighted by atomic mass is 9.89. The van der Waals surface area contributed by atoms with Crippen LogP contribution in [0.4, 0.5) is 0 Å². The van der Waals surface area contributed by atoms with Gasteiger partial charge in [0.15, 0.2) is 0 Å². The molecule has 0 saturated carbocycles. The Kier molecular flexibility index (Phi) is 4.62. The molecule has 1 fully saturated rings. The molecule has 1 heterocycles. The lowest BCUT2D eigenvalue weighted by molar-refractivity contribution is -0.0542. The lowest BCUT2D eigenvalue weighted by Crippen LogP contribution is -2.44. The van der Waals surface area contributed by atoms with Crippen LogP contribution in [-0.4, -0.2) is 22.1 Å². The Balaban J connectivity index is 2.62. The molecule has 0 aromatic carbocycles. The Morgan fingerprint density at radius 1 is 1.29 bits per heavy atom. The Morgan fingerprint density at radius 2 is 1.93 bits per heavy atom. The average molecular weight is 210 g/mol. The van der Waals surface area contributed by atoms with Gasteiger partial charge < -0.3 is 4.74 Å². The third kappa shape index (κ3) is 2.82. The fourth-order valence-corrected chi connectivity index (χ4v) is 3.30. The molecule has 1 atom stereocenters. The predicted octanol–water partition coefficient (Wildman–Crippen LogP) is 2.02. The van der Waals surface area contributed by atoms with E-state index in [0.717, 1.165) is 29.7 Å². The molecule has 0 aromatic heterocycles. The van der Waals surface area contributed by atoms with Gasteiger partial charge in [-0.25, -0.2) is 0 Å². The molecule has 1 aliphatic rings. The van der Waals surface area contributed by atoms with Crippen molar-refractivity contribution in [3.63, 3.8) is 0 Å². The van der Waals surface area contributed by atoms with Crippen LogP contribution in [0.3, 0.4) is 0 Å². The number of allylic oxidation sites excluding steroid dienone is 2. The summed E-state index contributed by atoms with van der Waals surface area (Å²) in [5.74, 6) is 0.615. The summed E-state index contributed by atoms with van der Waals surface area (Å²) in [6.45, 7) is 8.62. The normalized spacial score (nSPS) is 27.8. The van der Waals surface area contributed by atoms with E-state index in [1.807, 2.05) is 12.2 Å². The summed E-state index contributed by atoms with van der Waals surface area (Å²) in [5, 5.41) is 0.195. The fraction of sp³-hybridized carbons (Fsp3) is 0.667.